The number of carboxylic acids is 1. The predicted molar refractivity (Wildman–Crippen MR) is 62.4 cm³/mol. The first-order valence-corrected chi connectivity index (χ1v) is 5.75. The van der Waals surface area contributed by atoms with Crippen molar-refractivity contribution < 1.29 is 14.7 Å². The average molecular weight is 230 g/mol. The minimum Gasteiger partial charge on any atom is -0.481 e. The maximum Gasteiger partial charge on any atom is 0.320 e. The first kappa shape index (κ1) is 14.7. The van der Waals surface area contributed by atoms with Crippen molar-refractivity contribution in [3.05, 3.63) is 0 Å². The standard InChI is InChI=1S/C11H22N2O3/c1-5-12(6-2)11(16)13(7-3)9(4)8-10(14)15/h9H,5-8H2,1-4H3,(H,14,15). The molecule has 5 nitrogen and oxygen atoms in total. The Kier molecular flexibility index (Phi) is 6.53. The summed E-state index contributed by atoms with van der Waals surface area (Å²) in [6.45, 7) is 9.27. The number of carbonyl (C=O) groups excluding carboxylic acids is 1. The SMILES string of the molecule is CCN(CC)C(=O)N(CC)C(C)CC(=O)O. The van der Waals surface area contributed by atoms with Crippen LogP contribution in [-0.2, 0) is 4.79 Å². The number of carboxylic acid groups (broad SMARTS) is 1. The van der Waals surface area contributed by atoms with E-state index >= 15 is 0 Å². The molecule has 0 aromatic heterocycles. The van der Waals surface area contributed by atoms with Gasteiger partial charge in [-0.3, -0.25) is 4.79 Å². The highest BCUT2D eigenvalue weighted by atomic mass is 16.4. The van der Waals surface area contributed by atoms with Crippen LogP contribution in [-0.4, -0.2) is 52.6 Å². The van der Waals surface area contributed by atoms with Crippen LogP contribution in [0.25, 0.3) is 0 Å². The molecule has 1 N–H and O–H groups in total. The fourth-order valence-corrected chi connectivity index (χ4v) is 1.67. The van der Waals surface area contributed by atoms with Gasteiger partial charge in [0.1, 0.15) is 0 Å². The number of rotatable bonds is 6. The van der Waals surface area contributed by atoms with E-state index in [0.717, 1.165) is 0 Å². The Balaban J connectivity index is 4.58. The molecule has 1 atom stereocenters. The van der Waals surface area contributed by atoms with Crippen molar-refractivity contribution in [2.75, 3.05) is 19.6 Å². The van der Waals surface area contributed by atoms with Gasteiger partial charge in [0.05, 0.1) is 6.42 Å². The molecule has 0 heterocycles. The number of aliphatic carboxylic acids is 1. The normalized spacial score (nSPS) is 12.0. The van der Waals surface area contributed by atoms with Crippen LogP contribution in [0, 0.1) is 0 Å². The van der Waals surface area contributed by atoms with Gasteiger partial charge in [0.25, 0.3) is 0 Å². The first-order valence-electron chi connectivity index (χ1n) is 5.75. The molecular formula is C11H22N2O3. The lowest BCUT2D eigenvalue weighted by molar-refractivity contribution is -0.138. The van der Waals surface area contributed by atoms with Crippen molar-refractivity contribution in [3.8, 4) is 0 Å². The lowest BCUT2D eigenvalue weighted by Gasteiger charge is -2.32. The highest BCUT2D eigenvalue weighted by Crippen LogP contribution is 2.08. The maximum atomic E-state index is 12.0. The Morgan fingerprint density at radius 1 is 1.12 bits per heavy atom. The number of nitrogens with zero attached hydrogens (tertiary/aromatic N) is 2. The van der Waals surface area contributed by atoms with Gasteiger partial charge in [-0.1, -0.05) is 0 Å². The minimum absolute atomic E-state index is 0.0130. The van der Waals surface area contributed by atoms with Crippen molar-refractivity contribution in [2.24, 2.45) is 0 Å². The summed E-state index contributed by atoms with van der Waals surface area (Å²) < 4.78 is 0. The van der Waals surface area contributed by atoms with E-state index in [9.17, 15) is 9.59 Å². The molecule has 0 rings (SSSR count). The monoisotopic (exact) mass is 230 g/mol. The molecule has 0 aliphatic carbocycles. The van der Waals surface area contributed by atoms with Crippen LogP contribution < -0.4 is 0 Å². The zero-order valence-electron chi connectivity index (χ0n) is 10.6. The van der Waals surface area contributed by atoms with Crippen LogP contribution in [0.1, 0.15) is 34.1 Å². The van der Waals surface area contributed by atoms with Crippen LogP contribution >= 0.6 is 0 Å². The highest BCUT2D eigenvalue weighted by Gasteiger charge is 2.23. The van der Waals surface area contributed by atoms with E-state index < -0.39 is 5.97 Å². The average Bonchev–Trinajstić information content (AvgIpc) is 2.19. The summed E-state index contributed by atoms with van der Waals surface area (Å²) in [5.74, 6) is -0.877. The van der Waals surface area contributed by atoms with Gasteiger partial charge in [-0.25, -0.2) is 4.79 Å². The molecule has 0 aliphatic rings. The van der Waals surface area contributed by atoms with Gasteiger partial charge in [-0.15, -0.1) is 0 Å². The number of urea groups is 1. The molecule has 0 spiro atoms. The quantitative estimate of drug-likeness (QED) is 0.754. The summed E-state index contributed by atoms with van der Waals surface area (Å²) in [4.78, 5) is 25.9. The Labute approximate surface area is 97.0 Å². The van der Waals surface area contributed by atoms with E-state index in [1.165, 1.54) is 0 Å². The molecule has 0 bridgehead atoms. The van der Waals surface area contributed by atoms with Crippen molar-refractivity contribution in [1.82, 2.24) is 9.80 Å². The Hall–Kier alpha value is -1.26. The van der Waals surface area contributed by atoms with Gasteiger partial charge in [-0.2, -0.15) is 0 Å². The van der Waals surface area contributed by atoms with E-state index in [1.807, 2.05) is 20.8 Å². The van der Waals surface area contributed by atoms with Crippen molar-refractivity contribution >= 4 is 12.0 Å². The molecule has 16 heavy (non-hydrogen) atoms. The van der Waals surface area contributed by atoms with E-state index in [2.05, 4.69) is 0 Å². The zero-order valence-corrected chi connectivity index (χ0v) is 10.6. The van der Waals surface area contributed by atoms with Crippen LogP contribution in [0.3, 0.4) is 0 Å². The van der Waals surface area contributed by atoms with Crippen LogP contribution in [0.5, 0.6) is 0 Å². The third-order valence-corrected chi connectivity index (χ3v) is 2.62. The lowest BCUT2D eigenvalue weighted by Crippen LogP contribution is -2.47. The molecule has 0 fully saturated rings. The second-order valence-corrected chi connectivity index (χ2v) is 3.69. The van der Waals surface area contributed by atoms with Gasteiger partial charge in [-0.05, 0) is 27.7 Å². The fourth-order valence-electron chi connectivity index (χ4n) is 1.67. The largest absolute Gasteiger partial charge is 0.481 e. The second kappa shape index (κ2) is 7.09. The smallest absolute Gasteiger partial charge is 0.320 e. The van der Waals surface area contributed by atoms with Crippen molar-refractivity contribution in [1.29, 1.82) is 0 Å². The predicted octanol–water partition coefficient (Wildman–Crippen LogP) is 1.63. The Morgan fingerprint density at radius 3 is 1.94 bits per heavy atom. The molecule has 0 aliphatic heterocycles. The molecule has 0 radical (unpaired) electrons. The first-order chi connectivity index (χ1) is 7.47. The number of hydrogen-bond acceptors (Lipinski definition) is 2. The zero-order chi connectivity index (χ0) is 12.7. The topological polar surface area (TPSA) is 60.9 Å². The summed E-state index contributed by atoms with van der Waals surface area (Å²) in [5.41, 5.74) is 0. The minimum atomic E-state index is -0.877. The Morgan fingerprint density at radius 2 is 1.62 bits per heavy atom. The summed E-state index contributed by atoms with van der Waals surface area (Å²) in [7, 11) is 0. The lowest BCUT2D eigenvalue weighted by atomic mass is 10.2. The van der Waals surface area contributed by atoms with Gasteiger partial charge in [0.15, 0.2) is 0 Å². The van der Waals surface area contributed by atoms with E-state index in [-0.39, 0.29) is 18.5 Å². The van der Waals surface area contributed by atoms with E-state index in [0.29, 0.717) is 19.6 Å². The van der Waals surface area contributed by atoms with Gasteiger partial charge in [0, 0.05) is 25.7 Å². The molecular weight excluding hydrogens is 208 g/mol. The second-order valence-electron chi connectivity index (χ2n) is 3.69. The summed E-state index contributed by atoms with van der Waals surface area (Å²) in [6, 6.07) is -0.350. The van der Waals surface area contributed by atoms with E-state index in [4.69, 9.17) is 5.11 Å². The van der Waals surface area contributed by atoms with Crippen LogP contribution in [0.15, 0.2) is 0 Å². The molecule has 94 valence electrons. The van der Waals surface area contributed by atoms with Crippen LogP contribution in [0.2, 0.25) is 0 Å². The molecule has 0 aromatic rings. The molecule has 2 amide bonds. The van der Waals surface area contributed by atoms with Crippen LogP contribution in [0.4, 0.5) is 4.79 Å². The number of hydrogen-bond donors (Lipinski definition) is 1. The van der Waals surface area contributed by atoms with E-state index in [1.54, 1.807) is 16.7 Å². The number of amides is 2. The van der Waals surface area contributed by atoms with Crippen molar-refractivity contribution in [3.63, 3.8) is 0 Å². The molecule has 0 saturated heterocycles. The maximum absolute atomic E-state index is 12.0. The molecule has 1 unspecified atom stereocenters. The fraction of sp³-hybridized carbons (Fsp3) is 0.818. The third-order valence-electron chi connectivity index (χ3n) is 2.62. The van der Waals surface area contributed by atoms with Gasteiger partial charge in [0.2, 0.25) is 0 Å². The van der Waals surface area contributed by atoms with Gasteiger partial charge >= 0.3 is 12.0 Å². The molecule has 5 heteroatoms. The number of carbonyl (C=O) groups is 2. The van der Waals surface area contributed by atoms with Gasteiger partial charge < -0.3 is 14.9 Å². The van der Waals surface area contributed by atoms with Crippen molar-refractivity contribution in [2.45, 2.75) is 40.2 Å². The summed E-state index contributed by atoms with van der Waals surface area (Å²) in [6.07, 6.45) is -0.0130. The Bertz CT molecular complexity index is 239. The molecule has 0 saturated carbocycles. The summed E-state index contributed by atoms with van der Waals surface area (Å²) in [5, 5.41) is 8.71. The third kappa shape index (κ3) is 4.08. The highest BCUT2D eigenvalue weighted by molar-refractivity contribution is 5.76. The summed E-state index contributed by atoms with van der Waals surface area (Å²) >= 11 is 0. The molecule has 0 aromatic carbocycles.